The molecular formula is C21H19NO4S. The lowest BCUT2D eigenvalue weighted by Crippen LogP contribution is -2.09. The molecule has 0 spiro atoms. The highest BCUT2D eigenvalue weighted by molar-refractivity contribution is 7.90. The average molecular weight is 381 g/mol. The summed E-state index contributed by atoms with van der Waals surface area (Å²) in [6.07, 6.45) is 5.10. The molecule has 0 amide bonds. The Kier molecular flexibility index (Phi) is 4.44. The summed E-state index contributed by atoms with van der Waals surface area (Å²) in [6, 6.07) is 14.3. The molecule has 0 N–H and O–H groups in total. The molecule has 2 aromatic carbocycles. The Morgan fingerprint density at radius 3 is 2.52 bits per heavy atom. The van der Waals surface area contributed by atoms with Gasteiger partial charge in [-0.3, -0.25) is 4.79 Å². The van der Waals surface area contributed by atoms with E-state index >= 15 is 0 Å². The molecule has 1 aliphatic rings. The van der Waals surface area contributed by atoms with Gasteiger partial charge >= 0.3 is 0 Å². The number of nitrogens with zero attached hydrogens (tertiary/aromatic N) is 1. The van der Waals surface area contributed by atoms with Gasteiger partial charge in [0.25, 0.3) is 0 Å². The van der Waals surface area contributed by atoms with Crippen LogP contribution in [0.15, 0.2) is 64.1 Å². The average Bonchev–Trinajstić information content (AvgIpc) is 3.38. The number of carbonyl (C=O) groups is 1. The Hall–Kier alpha value is -2.73. The highest BCUT2D eigenvalue weighted by Crippen LogP contribution is 2.42. The predicted octanol–water partition coefficient (Wildman–Crippen LogP) is 3.78. The number of ketones is 1. The highest BCUT2D eigenvalue weighted by atomic mass is 32.2. The first-order chi connectivity index (χ1) is 12.9. The van der Waals surface area contributed by atoms with Crippen molar-refractivity contribution in [3.63, 3.8) is 0 Å². The summed E-state index contributed by atoms with van der Waals surface area (Å²) >= 11 is 0. The van der Waals surface area contributed by atoms with Gasteiger partial charge in [-0.05, 0) is 48.6 Å². The van der Waals surface area contributed by atoms with Gasteiger partial charge in [0.05, 0.1) is 16.7 Å². The van der Waals surface area contributed by atoms with E-state index in [9.17, 15) is 13.2 Å². The van der Waals surface area contributed by atoms with Gasteiger partial charge in [-0.15, -0.1) is 0 Å². The van der Waals surface area contributed by atoms with Crippen LogP contribution in [0.3, 0.4) is 0 Å². The predicted molar refractivity (Wildman–Crippen MR) is 101 cm³/mol. The van der Waals surface area contributed by atoms with E-state index in [1.54, 1.807) is 12.1 Å². The Balaban J connectivity index is 1.78. The molecule has 1 aromatic heterocycles. The quantitative estimate of drug-likeness (QED) is 0.607. The molecule has 0 saturated heterocycles. The van der Waals surface area contributed by atoms with Gasteiger partial charge < -0.3 is 4.52 Å². The first-order valence-corrected chi connectivity index (χ1v) is 10.7. The Morgan fingerprint density at radius 2 is 1.85 bits per heavy atom. The van der Waals surface area contributed by atoms with Crippen molar-refractivity contribution in [2.75, 3.05) is 6.26 Å². The van der Waals surface area contributed by atoms with Crippen molar-refractivity contribution in [2.45, 2.75) is 30.1 Å². The molecule has 0 bridgehead atoms. The van der Waals surface area contributed by atoms with E-state index in [0.717, 1.165) is 18.4 Å². The lowest BCUT2D eigenvalue weighted by Gasteiger charge is -2.11. The SMILES string of the molecule is CS(=O)(=O)c1ccc(C(=O)c2cnoc2C2CC2)c(Cc2ccccc2)c1. The molecule has 5 nitrogen and oxygen atoms in total. The Morgan fingerprint density at radius 1 is 1.11 bits per heavy atom. The Labute approximate surface area is 157 Å². The van der Waals surface area contributed by atoms with Crippen LogP contribution in [0.25, 0.3) is 0 Å². The molecule has 0 atom stereocenters. The van der Waals surface area contributed by atoms with Gasteiger partial charge in [-0.25, -0.2) is 8.42 Å². The molecule has 1 saturated carbocycles. The molecular weight excluding hydrogens is 362 g/mol. The van der Waals surface area contributed by atoms with Crippen molar-refractivity contribution in [1.29, 1.82) is 0 Å². The second-order valence-corrected chi connectivity index (χ2v) is 8.98. The zero-order valence-electron chi connectivity index (χ0n) is 14.9. The molecule has 3 aromatic rings. The van der Waals surface area contributed by atoms with Crippen LogP contribution in [-0.4, -0.2) is 25.6 Å². The van der Waals surface area contributed by atoms with Crippen LogP contribution in [0.1, 0.15) is 51.6 Å². The lowest BCUT2D eigenvalue weighted by molar-refractivity contribution is 0.103. The highest BCUT2D eigenvalue weighted by Gasteiger charge is 2.33. The van der Waals surface area contributed by atoms with Gasteiger partial charge in [0.1, 0.15) is 0 Å². The fourth-order valence-electron chi connectivity index (χ4n) is 3.19. The number of hydrogen-bond donors (Lipinski definition) is 0. The third-order valence-electron chi connectivity index (χ3n) is 4.78. The molecule has 4 rings (SSSR count). The number of benzene rings is 2. The van der Waals surface area contributed by atoms with E-state index in [4.69, 9.17) is 4.52 Å². The van der Waals surface area contributed by atoms with Crippen molar-refractivity contribution < 1.29 is 17.7 Å². The van der Waals surface area contributed by atoms with Crippen molar-refractivity contribution in [3.05, 3.63) is 82.7 Å². The molecule has 0 radical (unpaired) electrons. The summed E-state index contributed by atoms with van der Waals surface area (Å²) < 4.78 is 29.3. The van der Waals surface area contributed by atoms with Crippen LogP contribution in [-0.2, 0) is 16.3 Å². The molecule has 1 aliphatic carbocycles. The molecule has 1 heterocycles. The minimum atomic E-state index is -3.37. The third-order valence-corrected chi connectivity index (χ3v) is 5.89. The first-order valence-electron chi connectivity index (χ1n) is 8.79. The van der Waals surface area contributed by atoms with E-state index in [0.29, 0.717) is 28.9 Å². The first kappa shape index (κ1) is 17.7. The smallest absolute Gasteiger partial charge is 0.198 e. The van der Waals surface area contributed by atoms with Crippen molar-refractivity contribution in [1.82, 2.24) is 5.16 Å². The summed E-state index contributed by atoms with van der Waals surface area (Å²) in [4.78, 5) is 13.4. The van der Waals surface area contributed by atoms with Crippen molar-refractivity contribution in [2.24, 2.45) is 0 Å². The fraction of sp³-hybridized carbons (Fsp3) is 0.238. The van der Waals surface area contributed by atoms with Crippen molar-refractivity contribution >= 4 is 15.6 Å². The summed E-state index contributed by atoms with van der Waals surface area (Å²) in [5.74, 6) is 0.723. The zero-order chi connectivity index (χ0) is 19.0. The van der Waals surface area contributed by atoms with Crippen LogP contribution in [0.5, 0.6) is 0 Å². The van der Waals surface area contributed by atoms with Crippen molar-refractivity contribution in [3.8, 4) is 0 Å². The van der Waals surface area contributed by atoms with E-state index in [1.165, 1.54) is 18.5 Å². The van der Waals surface area contributed by atoms with Gasteiger partial charge in [-0.1, -0.05) is 35.5 Å². The third kappa shape index (κ3) is 3.71. The fourth-order valence-corrected chi connectivity index (χ4v) is 3.86. The minimum absolute atomic E-state index is 0.177. The topological polar surface area (TPSA) is 77.2 Å². The second kappa shape index (κ2) is 6.78. The maximum absolute atomic E-state index is 13.2. The van der Waals surface area contributed by atoms with E-state index in [2.05, 4.69) is 5.16 Å². The standard InChI is InChI=1S/C21H19NO4S/c1-27(24,25)17-9-10-18(16(12-17)11-14-5-3-2-4-6-14)20(23)19-13-22-26-21(19)15-7-8-15/h2-6,9-10,12-13,15H,7-8,11H2,1H3. The minimum Gasteiger partial charge on any atom is -0.360 e. The van der Waals surface area contributed by atoms with Gasteiger partial charge in [0, 0.05) is 17.7 Å². The van der Waals surface area contributed by atoms with Gasteiger partial charge in [0.2, 0.25) is 0 Å². The lowest BCUT2D eigenvalue weighted by atomic mass is 9.94. The van der Waals surface area contributed by atoms with Crippen LogP contribution in [0, 0.1) is 0 Å². The summed E-state index contributed by atoms with van der Waals surface area (Å²) in [5.41, 5.74) is 2.64. The maximum Gasteiger partial charge on any atom is 0.198 e. The van der Waals surface area contributed by atoms with E-state index < -0.39 is 9.84 Å². The largest absolute Gasteiger partial charge is 0.360 e. The molecule has 0 aliphatic heterocycles. The monoisotopic (exact) mass is 381 g/mol. The van der Waals surface area contributed by atoms with Crippen LogP contribution < -0.4 is 0 Å². The molecule has 6 heteroatoms. The number of sulfone groups is 1. The zero-order valence-corrected chi connectivity index (χ0v) is 15.7. The van der Waals surface area contributed by atoms with Gasteiger partial charge in [-0.2, -0.15) is 0 Å². The van der Waals surface area contributed by atoms with E-state index in [-0.39, 0.29) is 16.6 Å². The normalized spacial score (nSPS) is 14.3. The molecule has 138 valence electrons. The second-order valence-electron chi connectivity index (χ2n) is 6.96. The van der Waals surface area contributed by atoms with Crippen LogP contribution >= 0.6 is 0 Å². The number of carbonyl (C=O) groups excluding carboxylic acids is 1. The number of rotatable bonds is 6. The summed E-state index contributed by atoms with van der Waals surface area (Å²) in [5, 5.41) is 3.81. The maximum atomic E-state index is 13.2. The van der Waals surface area contributed by atoms with Crippen LogP contribution in [0.2, 0.25) is 0 Å². The Bertz CT molecular complexity index is 1100. The van der Waals surface area contributed by atoms with E-state index in [1.807, 2.05) is 30.3 Å². The molecule has 0 unspecified atom stereocenters. The van der Waals surface area contributed by atoms with Crippen LogP contribution in [0.4, 0.5) is 0 Å². The summed E-state index contributed by atoms with van der Waals surface area (Å²) in [7, 11) is -3.37. The molecule has 1 fully saturated rings. The molecule has 27 heavy (non-hydrogen) atoms. The summed E-state index contributed by atoms with van der Waals surface area (Å²) in [6.45, 7) is 0. The number of aromatic nitrogens is 1. The van der Waals surface area contributed by atoms with Gasteiger partial charge in [0.15, 0.2) is 21.4 Å². The number of hydrogen-bond acceptors (Lipinski definition) is 5.